The second-order valence-electron chi connectivity index (χ2n) is 5.34. The lowest BCUT2D eigenvalue weighted by Gasteiger charge is -2.27. The summed E-state index contributed by atoms with van der Waals surface area (Å²) >= 11 is 0. The molecule has 1 saturated heterocycles. The number of benzene rings is 1. The quantitative estimate of drug-likeness (QED) is 0.925. The van der Waals surface area contributed by atoms with E-state index in [1.165, 1.54) is 12.1 Å². The maximum atomic E-state index is 12.6. The van der Waals surface area contributed by atoms with Crippen molar-refractivity contribution in [2.45, 2.75) is 13.1 Å². The predicted molar refractivity (Wildman–Crippen MR) is 78.4 cm³/mol. The Hall–Kier alpha value is -2.02. The zero-order valence-electron chi connectivity index (χ0n) is 12.2. The maximum Gasteiger partial charge on any atom is 0.416 e. The van der Waals surface area contributed by atoms with Crippen LogP contribution in [0.4, 0.5) is 19.0 Å². The lowest BCUT2D eigenvalue weighted by atomic mass is 10.2. The largest absolute Gasteiger partial charge is 0.416 e. The average molecular weight is 310 g/mol. The molecule has 1 aliphatic heterocycles. The van der Waals surface area contributed by atoms with Crippen LogP contribution in [0.2, 0.25) is 0 Å². The number of aromatic nitrogens is 2. The Morgan fingerprint density at radius 2 is 1.73 bits per heavy atom. The van der Waals surface area contributed by atoms with Gasteiger partial charge in [0.1, 0.15) is 0 Å². The van der Waals surface area contributed by atoms with Crippen LogP contribution >= 0.6 is 0 Å². The van der Waals surface area contributed by atoms with Gasteiger partial charge in [-0.1, -0.05) is 0 Å². The first-order valence-electron chi connectivity index (χ1n) is 7.15. The topological polar surface area (TPSA) is 33.1 Å². The van der Waals surface area contributed by atoms with Crippen LogP contribution in [0.1, 0.15) is 11.3 Å². The Balaban J connectivity index is 1.87. The molecule has 2 heterocycles. The summed E-state index contributed by atoms with van der Waals surface area (Å²) in [6.07, 6.45) is -4.32. The first-order valence-corrected chi connectivity index (χ1v) is 7.15. The van der Waals surface area contributed by atoms with Gasteiger partial charge in [0.05, 0.1) is 11.3 Å². The highest BCUT2D eigenvalue weighted by molar-refractivity contribution is 5.45. The van der Waals surface area contributed by atoms with Gasteiger partial charge >= 0.3 is 6.18 Å². The van der Waals surface area contributed by atoms with Gasteiger partial charge in [0, 0.05) is 37.9 Å². The Morgan fingerprint density at radius 1 is 1.09 bits per heavy atom. The summed E-state index contributed by atoms with van der Waals surface area (Å²) in [6, 6.07) is 7.03. The fourth-order valence-electron chi connectivity index (χ4n) is 2.56. The molecule has 3 rings (SSSR count). The molecule has 0 spiro atoms. The van der Waals surface area contributed by atoms with Crippen LogP contribution in [0, 0.1) is 6.92 Å². The van der Waals surface area contributed by atoms with Crippen molar-refractivity contribution >= 4 is 5.82 Å². The van der Waals surface area contributed by atoms with Gasteiger partial charge in [-0.2, -0.15) is 18.3 Å². The second-order valence-corrected chi connectivity index (χ2v) is 5.34. The molecule has 0 saturated carbocycles. The normalized spacial score (nSPS) is 16.1. The van der Waals surface area contributed by atoms with E-state index in [1.807, 2.05) is 13.0 Å². The molecule has 2 aromatic rings. The highest BCUT2D eigenvalue weighted by Gasteiger charge is 2.30. The van der Waals surface area contributed by atoms with Gasteiger partial charge in [-0.25, -0.2) is 4.68 Å². The van der Waals surface area contributed by atoms with Crippen LogP contribution in [0.15, 0.2) is 30.3 Å². The molecule has 22 heavy (non-hydrogen) atoms. The lowest BCUT2D eigenvalue weighted by molar-refractivity contribution is -0.137. The van der Waals surface area contributed by atoms with Gasteiger partial charge in [0.2, 0.25) is 0 Å². The van der Waals surface area contributed by atoms with E-state index in [0.29, 0.717) is 5.69 Å². The minimum Gasteiger partial charge on any atom is -0.353 e. The number of rotatable bonds is 2. The molecule has 118 valence electrons. The number of piperazine rings is 1. The smallest absolute Gasteiger partial charge is 0.353 e. The van der Waals surface area contributed by atoms with Crippen LogP contribution in [0.5, 0.6) is 0 Å². The molecule has 0 atom stereocenters. The molecule has 0 unspecified atom stereocenters. The zero-order chi connectivity index (χ0) is 15.7. The molecule has 1 aromatic heterocycles. The van der Waals surface area contributed by atoms with Gasteiger partial charge in [-0.05, 0) is 31.2 Å². The van der Waals surface area contributed by atoms with Crippen molar-refractivity contribution in [3.8, 4) is 5.69 Å². The average Bonchev–Trinajstić information content (AvgIpc) is 2.89. The van der Waals surface area contributed by atoms with Crippen molar-refractivity contribution in [1.29, 1.82) is 0 Å². The van der Waals surface area contributed by atoms with Gasteiger partial charge in [0.15, 0.2) is 5.82 Å². The standard InChI is InChI=1S/C15H17F3N4/c1-11-10-14(21-8-6-19-7-9-21)20-22(11)13-4-2-12(3-5-13)15(16,17)18/h2-5,10,19H,6-9H2,1H3. The summed E-state index contributed by atoms with van der Waals surface area (Å²) in [5.41, 5.74) is 0.878. The van der Waals surface area contributed by atoms with E-state index >= 15 is 0 Å². The number of alkyl halides is 3. The highest BCUT2D eigenvalue weighted by atomic mass is 19.4. The first-order chi connectivity index (χ1) is 10.4. The summed E-state index contributed by atoms with van der Waals surface area (Å²) in [7, 11) is 0. The van der Waals surface area contributed by atoms with Crippen LogP contribution in [0.25, 0.3) is 5.69 Å². The van der Waals surface area contributed by atoms with Gasteiger partial charge in [-0.15, -0.1) is 0 Å². The van der Waals surface area contributed by atoms with E-state index in [2.05, 4.69) is 15.3 Å². The van der Waals surface area contributed by atoms with Crippen molar-refractivity contribution in [2.24, 2.45) is 0 Å². The Morgan fingerprint density at radius 3 is 2.32 bits per heavy atom. The fourth-order valence-corrected chi connectivity index (χ4v) is 2.56. The number of nitrogens with zero attached hydrogens (tertiary/aromatic N) is 3. The maximum absolute atomic E-state index is 12.6. The van der Waals surface area contributed by atoms with Crippen molar-refractivity contribution in [3.05, 3.63) is 41.6 Å². The Labute approximate surface area is 126 Å². The van der Waals surface area contributed by atoms with E-state index in [9.17, 15) is 13.2 Å². The Bertz CT molecular complexity index is 640. The van der Waals surface area contributed by atoms with Gasteiger partial charge in [-0.3, -0.25) is 0 Å². The zero-order valence-corrected chi connectivity index (χ0v) is 12.2. The van der Waals surface area contributed by atoms with Crippen LogP contribution in [-0.2, 0) is 6.18 Å². The molecule has 0 radical (unpaired) electrons. The van der Waals surface area contributed by atoms with E-state index in [0.717, 1.165) is 49.8 Å². The molecule has 7 heteroatoms. The van der Waals surface area contributed by atoms with E-state index in [-0.39, 0.29) is 0 Å². The number of halogens is 3. The summed E-state index contributed by atoms with van der Waals surface area (Å²) < 4.78 is 39.5. The highest BCUT2D eigenvalue weighted by Crippen LogP contribution is 2.30. The molecular formula is C15H17F3N4. The lowest BCUT2D eigenvalue weighted by Crippen LogP contribution is -2.43. The summed E-state index contributed by atoms with van der Waals surface area (Å²) in [5, 5.41) is 7.80. The minimum atomic E-state index is -4.32. The van der Waals surface area contributed by atoms with Crippen LogP contribution in [-0.4, -0.2) is 36.0 Å². The Kier molecular flexibility index (Phi) is 3.82. The van der Waals surface area contributed by atoms with Crippen molar-refractivity contribution < 1.29 is 13.2 Å². The molecule has 0 aliphatic carbocycles. The summed E-state index contributed by atoms with van der Waals surface area (Å²) in [5.74, 6) is 0.860. The van der Waals surface area contributed by atoms with Crippen molar-refractivity contribution in [2.75, 3.05) is 31.1 Å². The molecule has 1 fully saturated rings. The first kappa shape index (κ1) is 14.9. The minimum absolute atomic E-state index is 0.631. The van der Waals surface area contributed by atoms with E-state index in [4.69, 9.17) is 0 Å². The van der Waals surface area contributed by atoms with E-state index < -0.39 is 11.7 Å². The van der Waals surface area contributed by atoms with Gasteiger partial charge < -0.3 is 10.2 Å². The molecular weight excluding hydrogens is 293 g/mol. The third-order valence-electron chi connectivity index (χ3n) is 3.75. The SMILES string of the molecule is Cc1cc(N2CCNCC2)nn1-c1ccc(C(F)(F)F)cc1. The molecule has 1 N–H and O–H groups in total. The number of hydrogen-bond donors (Lipinski definition) is 1. The van der Waals surface area contributed by atoms with Crippen LogP contribution in [0.3, 0.4) is 0 Å². The molecule has 1 aliphatic rings. The monoisotopic (exact) mass is 310 g/mol. The molecule has 0 amide bonds. The summed E-state index contributed by atoms with van der Waals surface area (Å²) in [6.45, 7) is 5.47. The third kappa shape index (κ3) is 2.94. The van der Waals surface area contributed by atoms with Crippen molar-refractivity contribution in [3.63, 3.8) is 0 Å². The summed E-state index contributed by atoms with van der Waals surface area (Å²) in [4.78, 5) is 2.17. The third-order valence-corrected chi connectivity index (χ3v) is 3.75. The second kappa shape index (κ2) is 5.64. The number of nitrogens with one attached hydrogen (secondary N) is 1. The molecule has 4 nitrogen and oxygen atoms in total. The fraction of sp³-hybridized carbons (Fsp3) is 0.400. The number of anilines is 1. The predicted octanol–water partition coefficient (Wildman–Crippen LogP) is 2.61. The number of hydrogen-bond acceptors (Lipinski definition) is 3. The molecule has 1 aromatic carbocycles. The van der Waals surface area contributed by atoms with Crippen molar-refractivity contribution in [1.82, 2.24) is 15.1 Å². The van der Waals surface area contributed by atoms with Gasteiger partial charge in [0.25, 0.3) is 0 Å². The van der Waals surface area contributed by atoms with E-state index in [1.54, 1.807) is 4.68 Å². The van der Waals surface area contributed by atoms with Crippen LogP contribution < -0.4 is 10.2 Å². The molecule has 0 bridgehead atoms. The number of aryl methyl sites for hydroxylation is 1.